The summed E-state index contributed by atoms with van der Waals surface area (Å²) in [4.78, 5) is 2.40. The Morgan fingerprint density at radius 2 is 1.04 bits per heavy atom. The van der Waals surface area contributed by atoms with Crippen LogP contribution in [-0.2, 0) is 0 Å². The van der Waals surface area contributed by atoms with E-state index in [2.05, 4.69) is 193 Å². The van der Waals surface area contributed by atoms with E-state index in [4.69, 9.17) is 4.42 Å². The average Bonchev–Trinajstić information content (AvgIpc) is 3.80. The molecule has 0 bridgehead atoms. The smallest absolute Gasteiger partial charge is 0.143 e. The van der Waals surface area contributed by atoms with E-state index in [1.54, 1.807) is 0 Å². The molecular formula is C50H31NOS. The Kier molecular flexibility index (Phi) is 6.76. The van der Waals surface area contributed by atoms with Crippen molar-refractivity contribution in [1.82, 2.24) is 0 Å². The lowest BCUT2D eigenvalue weighted by Crippen LogP contribution is -2.10. The van der Waals surface area contributed by atoms with Crippen molar-refractivity contribution < 1.29 is 4.42 Å². The van der Waals surface area contributed by atoms with Crippen molar-refractivity contribution >= 4 is 92.1 Å². The van der Waals surface area contributed by atoms with Gasteiger partial charge in [0.25, 0.3) is 0 Å². The molecule has 0 atom stereocenters. The van der Waals surface area contributed by atoms with Gasteiger partial charge in [-0.2, -0.15) is 0 Å². The van der Waals surface area contributed by atoms with Crippen LogP contribution >= 0.6 is 11.3 Å². The van der Waals surface area contributed by atoms with Crippen LogP contribution in [0.2, 0.25) is 0 Å². The van der Waals surface area contributed by atoms with Gasteiger partial charge >= 0.3 is 0 Å². The predicted octanol–water partition coefficient (Wildman–Crippen LogP) is 15.1. The Hall–Kier alpha value is -6.68. The first-order chi connectivity index (χ1) is 26.2. The second-order valence-corrected chi connectivity index (χ2v) is 14.8. The highest BCUT2D eigenvalue weighted by molar-refractivity contribution is 7.25. The molecule has 2 aromatic heterocycles. The van der Waals surface area contributed by atoms with Gasteiger partial charge in [0.2, 0.25) is 0 Å². The van der Waals surface area contributed by atoms with Crippen LogP contribution in [0.5, 0.6) is 0 Å². The first-order valence-electron chi connectivity index (χ1n) is 18.0. The van der Waals surface area contributed by atoms with Gasteiger partial charge in [-0.25, -0.2) is 0 Å². The molecule has 0 aliphatic carbocycles. The number of rotatable bonds is 5. The Balaban J connectivity index is 1.07. The molecule has 0 aliphatic rings. The lowest BCUT2D eigenvalue weighted by molar-refractivity contribution is 0.672. The maximum atomic E-state index is 6.67. The van der Waals surface area contributed by atoms with Gasteiger partial charge in [0.05, 0.1) is 11.1 Å². The minimum absolute atomic E-state index is 0.878. The number of furan rings is 1. The molecule has 0 N–H and O–H groups in total. The number of nitrogens with zero attached hydrogens (tertiary/aromatic N) is 1. The molecule has 2 heterocycles. The Morgan fingerprint density at radius 3 is 1.92 bits per heavy atom. The van der Waals surface area contributed by atoms with Crippen LogP contribution in [0.25, 0.3) is 85.9 Å². The van der Waals surface area contributed by atoms with E-state index in [1.807, 2.05) is 11.3 Å². The first kappa shape index (κ1) is 30.0. The van der Waals surface area contributed by atoms with Crippen LogP contribution < -0.4 is 4.90 Å². The van der Waals surface area contributed by atoms with Gasteiger partial charge < -0.3 is 9.32 Å². The number of fused-ring (bicyclic) bond motifs is 9. The van der Waals surface area contributed by atoms with Crippen LogP contribution in [0, 0.1) is 0 Å². The molecule has 2 nitrogen and oxygen atoms in total. The number of anilines is 3. The Labute approximate surface area is 310 Å². The third-order valence-electron chi connectivity index (χ3n) is 10.6. The maximum absolute atomic E-state index is 6.67. The van der Waals surface area contributed by atoms with Crippen molar-refractivity contribution in [3.8, 4) is 22.3 Å². The number of benzene rings is 9. The minimum Gasteiger partial charge on any atom is -0.455 e. The van der Waals surface area contributed by atoms with Crippen molar-refractivity contribution in [2.75, 3.05) is 4.90 Å². The van der Waals surface area contributed by atoms with E-state index < -0.39 is 0 Å². The van der Waals surface area contributed by atoms with Crippen molar-refractivity contribution in [1.29, 1.82) is 0 Å². The van der Waals surface area contributed by atoms with Gasteiger partial charge in [-0.05, 0) is 105 Å². The summed E-state index contributed by atoms with van der Waals surface area (Å²) in [6.07, 6.45) is 0. The van der Waals surface area contributed by atoms with Gasteiger partial charge in [-0.1, -0.05) is 121 Å². The monoisotopic (exact) mass is 693 g/mol. The molecule has 53 heavy (non-hydrogen) atoms. The van der Waals surface area contributed by atoms with Crippen molar-refractivity contribution in [3.05, 3.63) is 188 Å². The third-order valence-corrected chi connectivity index (χ3v) is 11.8. The summed E-state index contributed by atoms with van der Waals surface area (Å²) < 4.78 is 9.26. The van der Waals surface area contributed by atoms with Gasteiger partial charge in [-0.15, -0.1) is 11.3 Å². The topological polar surface area (TPSA) is 16.4 Å². The maximum Gasteiger partial charge on any atom is 0.143 e. The first-order valence-corrected chi connectivity index (χ1v) is 18.8. The summed E-state index contributed by atoms with van der Waals surface area (Å²) in [5, 5.41) is 9.58. The lowest BCUT2D eigenvalue weighted by Gasteiger charge is -2.26. The SMILES string of the molecule is c1cc(-c2ccc(N(c3ccc4sc5ccccc5c4c3)c3cccc4oc5c6ccccc6ccc5c34)cc2)cc(-c2ccc3ccccc3c2)c1. The summed E-state index contributed by atoms with van der Waals surface area (Å²) in [7, 11) is 0. The minimum atomic E-state index is 0.878. The predicted molar refractivity (Wildman–Crippen MR) is 227 cm³/mol. The zero-order valence-electron chi connectivity index (χ0n) is 28.7. The Morgan fingerprint density at radius 1 is 0.377 bits per heavy atom. The highest BCUT2D eigenvalue weighted by atomic mass is 32.1. The summed E-state index contributed by atoms with van der Waals surface area (Å²) in [6.45, 7) is 0. The highest BCUT2D eigenvalue weighted by Crippen LogP contribution is 2.46. The molecule has 0 radical (unpaired) electrons. The average molecular weight is 694 g/mol. The second-order valence-electron chi connectivity index (χ2n) is 13.7. The van der Waals surface area contributed by atoms with Crippen molar-refractivity contribution in [3.63, 3.8) is 0 Å². The molecule has 0 amide bonds. The lowest BCUT2D eigenvalue weighted by atomic mass is 9.97. The fraction of sp³-hybridized carbons (Fsp3) is 0. The molecular weight excluding hydrogens is 663 g/mol. The van der Waals surface area contributed by atoms with Gasteiger partial charge in [0.15, 0.2) is 0 Å². The van der Waals surface area contributed by atoms with E-state index >= 15 is 0 Å². The van der Waals surface area contributed by atoms with E-state index in [-0.39, 0.29) is 0 Å². The molecule has 0 fully saturated rings. The number of thiophene rings is 1. The molecule has 0 saturated carbocycles. The van der Waals surface area contributed by atoms with Gasteiger partial charge in [-0.3, -0.25) is 0 Å². The van der Waals surface area contributed by atoms with Crippen LogP contribution in [0.3, 0.4) is 0 Å². The summed E-state index contributed by atoms with van der Waals surface area (Å²) in [6, 6.07) is 68.0. The quantitative estimate of drug-likeness (QED) is 0.178. The standard InChI is InChI=1S/C50H31NOS/c1-2-11-35-30-38(20-19-32(35)9-1)37-13-7-12-36(29-37)33-21-24-39(25-22-33)51(40-26-28-48-44(31-40)42-15-5-6-18-47(42)53-48)45-16-8-17-46-49(45)43-27-23-34-10-3-4-14-41(34)50(43)52-46/h1-31H. The fourth-order valence-corrected chi connectivity index (χ4v) is 9.14. The van der Waals surface area contributed by atoms with Crippen LogP contribution in [0.1, 0.15) is 0 Å². The molecule has 3 heteroatoms. The van der Waals surface area contributed by atoms with Crippen LogP contribution in [0.4, 0.5) is 17.1 Å². The van der Waals surface area contributed by atoms with E-state index in [9.17, 15) is 0 Å². The van der Waals surface area contributed by atoms with E-state index in [0.717, 1.165) is 44.4 Å². The normalized spacial score (nSPS) is 11.8. The van der Waals surface area contributed by atoms with Gasteiger partial charge in [0, 0.05) is 42.3 Å². The molecule has 0 saturated heterocycles. The molecule has 11 rings (SSSR count). The van der Waals surface area contributed by atoms with E-state index in [1.165, 1.54) is 58.6 Å². The molecule has 0 spiro atoms. The number of hydrogen-bond donors (Lipinski definition) is 0. The largest absolute Gasteiger partial charge is 0.455 e. The summed E-state index contributed by atoms with van der Waals surface area (Å²) in [5.41, 5.74) is 9.87. The molecule has 11 aromatic rings. The zero-order chi connectivity index (χ0) is 34.9. The van der Waals surface area contributed by atoms with E-state index in [0.29, 0.717) is 0 Å². The highest BCUT2D eigenvalue weighted by Gasteiger charge is 2.21. The summed E-state index contributed by atoms with van der Waals surface area (Å²) in [5.74, 6) is 0. The third kappa shape index (κ3) is 4.93. The Bertz CT molecular complexity index is 3190. The molecule has 248 valence electrons. The fourth-order valence-electron chi connectivity index (χ4n) is 8.05. The number of hydrogen-bond acceptors (Lipinski definition) is 3. The summed E-state index contributed by atoms with van der Waals surface area (Å²) >= 11 is 1.85. The molecule has 0 unspecified atom stereocenters. The van der Waals surface area contributed by atoms with Gasteiger partial charge in [0.1, 0.15) is 11.2 Å². The molecule has 9 aromatic carbocycles. The molecule has 0 aliphatic heterocycles. The zero-order valence-corrected chi connectivity index (χ0v) is 29.5. The van der Waals surface area contributed by atoms with Crippen LogP contribution in [0.15, 0.2) is 192 Å². The second kappa shape index (κ2) is 11.9. The van der Waals surface area contributed by atoms with Crippen molar-refractivity contribution in [2.24, 2.45) is 0 Å². The van der Waals surface area contributed by atoms with Crippen molar-refractivity contribution in [2.45, 2.75) is 0 Å². The van der Waals surface area contributed by atoms with Crippen LogP contribution in [-0.4, -0.2) is 0 Å².